The zero-order chi connectivity index (χ0) is 19.7. The Bertz CT molecular complexity index is 898. The van der Waals surface area contributed by atoms with Crippen molar-refractivity contribution in [1.29, 1.82) is 0 Å². The molecule has 0 aromatic carbocycles. The number of hydrogen-bond acceptors (Lipinski definition) is 2. The van der Waals surface area contributed by atoms with Gasteiger partial charge in [-0.2, -0.15) is 0 Å². The quantitative estimate of drug-likeness (QED) is 0.494. The monoisotopic (exact) mass is 395 g/mol. The summed E-state index contributed by atoms with van der Waals surface area (Å²) in [7, 11) is 0. The maximum Gasteiger partial charge on any atom is 0.191 e. The molecule has 0 aliphatic heterocycles. The lowest BCUT2D eigenvalue weighted by Gasteiger charge is -2.19. The van der Waals surface area contributed by atoms with Crippen molar-refractivity contribution in [3.05, 3.63) is 50.0 Å². The Balaban J connectivity index is 1.81. The van der Waals surface area contributed by atoms with Gasteiger partial charge in [0.2, 0.25) is 0 Å². The van der Waals surface area contributed by atoms with Gasteiger partial charge >= 0.3 is 0 Å². The van der Waals surface area contributed by atoms with E-state index in [4.69, 9.17) is 0 Å². The number of Topliss-reactive ketones (excluding diaryl/α,β-unsaturated/α-hetero) is 1. The SMILES string of the molecule is CCCC1CCc2sccc2C=C1C(=O)c1c2c(n(CCC)c1C)CCCC2. The van der Waals surface area contributed by atoms with Crippen LogP contribution in [0.5, 0.6) is 0 Å². The fourth-order valence-electron chi connectivity index (χ4n) is 5.31. The zero-order valence-corrected chi connectivity index (χ0v) is 18.5. The fourth-order valence-corrected chi connectivity index (χ4v) is 6.19. The fraction of sp³-hybridized carbons (Fsp3) is 0.560. The molecule has 2 aliphatic carbocycles. The van der Waals surface area contributed by atoms with Crippen molar-refractivity contribution < 1.29 is 4.79 Å². The van der Waals surface area contributed by atoms with Gasteiger partial charge in [-0.3, -0.25) is 4.79 Å². The third-order valence-corrected chi connectivity index (χ3v) is 7.65. The maximum atomic E-state index is 14.0. The minimum atomic E-state index is 0.322. The van der Waals surface area contributed by atoms with E-state index in [1.165, 1.54) is 40.2 Å². The topological polar surface area (TPSA) is 22.0 Å². The van der Waals surface area contributed by atoms with Crippen molar-refractivity contribution in [3.8, 4) is 0 Å². The van der Waals surface area contributed by atoms with E-state index in [0.717, 1.165) is 62.6 Å². The molecule has 2 heterocycles. The van der Waals surface area contributed by atoms with Gasteiger partial charge in [0, 0.05) is 33.9 Å². The number of fused-ring (bicyclic) bond motifs is 2. The second-order valence-corrected chi connectivity index (χ2v) is 9.50. The van der Waals surface area contributed by atoms with Crippen LogP contribution in [-0.4, -0.2) is 10.4 Å². The number of allylic oxidation sites excluding steroid dienone is 1. The Labute approximate surface area is 173 Å². The van der Waals surface area contributed by atoms with Crippen molar-refractivity contribution in [3.63, 3.8) is 0 Å². The summed E-state index contributed by atoms with van der Waals surface area (Å²) in [5.74, 6) is 0.716. The van der Waals surface area contributed by atoms with Gasteiger partial charge < -0.3 is 4.57 Å². The highest BCUT2D eigenvalue weighted by Gasteiger charge is 2.31. The standard InChI is InChI=1S/C25H33NOS/c1-4-8-18-11-12-23-19(13-15-28-23)16-21(18)25(27)24-17(3)26(14-5-2)22-10-7-6-9-20(22)24/h13,15-16,18H,4-12,14H2,1-3H3. The average molecular weight is 396 g/mol. The molecule has 0 radical (unpaired) electrons. The molecule has 1 atom stereocenters. The summed E-state index contributed by atoms with van der Waals surface area (Å²) in [5.41, 5.74) is 7.44. The molecule has 2 aromatic rings. The van der Waals surface area contributed by atoms with Crippen LogP contribution in [0.3, 0.4) is 0 Å². The van der Waals surface area contributed by atoms with E-state index in [-0.39, 0.29) is 0 Å². The lowest BCUT2D eigenvalue weighted by molar-refractivity contribution is 0.102. The summed E-state index contributed by atoms with van der Waals surface area (Å²) in [4.78, 5) is 15.5. The van der Waals surface area contributed by atoms with E-state index in [1.54, 1.807) is 0 Å². The molecule has 0 saturated heterocycles. The van der Waals surface area contributed by atoms with E-state index < -0.39 is 0 Å². The first kappa shape index (κ1) is 19.7. The largest absolute Gasteiger partial charge is 0.348 e. The molecule has 0 spiro atoms. The molecule has 0 bridgehead atoms. The number of ketones is 1. The van der Waals surface area contributed by atoms with Gasteiger partial charge in [-0.15, -0.1) is 11.3 Å². The molecule has 0 amide bonds. The lowest BCUT2D eigenvalue weighted by Crippen LogP contribution is -2.16. The number of carbonyl (C=O) groups excluding carboxylic acids is 1. The summed E-state index contributed by atoms with van der Waals surface area (Å²) in [6, 6.07) is 2.20. The van der Waals surface area contributed by atoms with Crippen LogP contribution in [0.1, 0.15) is 90.1 Å². The zero-order valence-electron chi connectivity index (χ0n) is 17.6. The predicted octanol–water partition coefficient (Wildman–Crippen LogP) is 6.78. The molecule has 150 valence electrons. The number of hydrogen-bond donors (Lipinski definition) is 0. The van der Waals surface area contributed by atoms with E-state index in [1.807, 2.05) is 11.3 Å². The van der Waals surface area contributed by atoms with Gasteiger partial charge in [-0.05, 0) is 92.9 Å². The Kier molecular flexibility index (Phi) is 5.91. The Morgan fingerprint density at radius 1 is 1.18 bits per heavy atom. The molecule has 3 heteroatoms. The van der Waals surface area contributed by atoms with E-state index in [0.29, 0.717) is 11.7 Å². The molecule has 2 aliphatic rings. The molecule has 2 nitrogen and oxygen atoms in total. The van der Waals surface area contributed by atoms with Crippen molar-refractivity contribution in [2.24, 2.45) is 5.92 Å². The number of aromatic nitrogens is 1. The van der Waals surface area contributed by atoms with Gasteiger partial charge in [-0.25, -0.2) is 0 Å². The molecule has 0 N–H and O–H groups in total. The van der Waals surface area contributed by atoms with Crippen LogP contribution in [-0.2, 0) is 25.8 Å². The van der Waals surface area contributed by atoms with Crippen LogP contribution in [0.25, 0.3) is 6.08 Å². The lowest BCUT2D eigenvalue weighted by atomic mass is 9.83. The number of carbonyl (C=O) groups is 1. The summed E-state index contributed by atoms with van der Waals surface area (Å²) in [6.45, 7) is 7.70. The maximum absolute atomic E-state index is 14.0. The number of nitrogens with zero attached hydrogens (tertiary/aromatic N) is 1. The van der Waals surface area contributed by atoms with Crippen LogP contribution in [0.2, 0.25) is 0 Å². The first-order valence-electron chi connectivity index (χ1n) is 11.2. The molecule has 0 fully saturated rings. The second-order valence-electron chi connectivity index (χ2n) is 8.50. The van der Waals surface area contributed by atoms with E-state index >= 15 is 0 Å². The smallest absolute Gasteiger partial charge is 0.191 e. The summed E-state index contributed by atoms with van der Waals surface area (Å²) >= 11 is 1.85. The highest BCUT2D eigenvalue weighted by molar-refractivity contribution is 7.10. The van der Waals surface area contributed by atoms with E-state index in [2.05, 4.69) is 42.9 Å². The van der Waals surface area contributed by atoms with Crippen LogP contribution in [0.15, 0.2) is 17.0 Å². The number of rotatable bonds is 6. The van der Waals surface area contributed by atoms with Gasteiger partial charge in [-0.1, -0.05) is 20.3 Å². The molecule has 2 aromatic heterocycles. The first-order chi connectivity index (χ1) is 13.7. The second kappa shape index (κ2) is 8.41. The Morgan fingerprint density at radius 2 is 2.00 bits per heavy atom. The molecule has 28 heavy (non-hydrogen) atoms. The summed E-state index contributed by atoms with van der Waals surface area (Å²) in [5, 5.41) is 2.17. The van der Waals surface area contributed by atoms with Crippen LogP contribution < -0.4 is 0 Å². The highest BCUT2D eigenvalue weighted by Crippen LogP contribution is 2.38. The number of aryl methyl sites for hydroxylation is 1. The molecular formula is C25H33NOS. The molecule has 4 rings (SSSR count). The van der Waals surface area contributed by atoms with E-state index in [9.17, 15) is 4.79 Å². The minimum Gasteiger partial charge on any atom is -0.348 e. The average Bonchev–Trinajstić information content (AvgIpc) is 3.20. The molecular weight excluding hydrogens is 362 g/mol. The highest BCUT2D eigenvalue weighted by atomic mass is 32.1. The number of thiophene rings is 1. The van der Waals surface area contributed by atoms with Gasteiger partial charge in [0.05, 0.1) is 0 Å². The third kappa shape index (κ3) is 3.43. The van der Waals surface area contributed by atoms with Gasteiger partial charge in [0.1, 0.15) is 0 Å². The van der Waals surface area contributed by atoms with Crippen molar-refractivity contribution in [2.45, 2.75) is 85.1 Å². The van der Waals surface area contributed by atoms with Crippen molar-refractivity contribution >= 4 is 23.2 Å². The first-order valence-corrected chi connectivity index (χ1v) is 12.1. The Hall–Kier alpha value is -1.61. The summed E-state index contributed by atoms with van der Waals surface area (Å²) in [6.07, 6.45) is 12.5. The van der Waals surface area contributed by atoms with Crippen LogP contribution in [0.4, 0.5) is 0 Å². The van der Waals surface area contributed by atoms with Gasteiger partial charge in [0.15, 0.2) is 5.78 Å². The van der Waals surface area contributed by atoms with Crippen molar-refractivity contribution in [1.82, 2.24) is 4.57 Å². The Morgan fingerprint density at radius 3 is 2.79 bits per heavy atom. The summed E-state index contributed by atoms with van der Waals surface area (Å²) < 4.78 is 2.46. The van der Waals surface area contributed by atoms with Crippen LogP contribution in [0, 0.1) is 12.8 Å². The third-order valence-electron chi connectivity index (χ3n) is 6.66. The van der Waals surface area contributed by atoms with Crippen LogP contribution >= 0.6 is 11.3 Å². The minimum absolute atomic E-state index is 0.322. The molecule has 1 unspecified atom stereocenters. The molecule has 0 saturated carbocycles. The van der Waals surface area contributed by atoms with Gasteiger partial charge in [0.25, 0.3) is 0 Å². The van der Waals surface area contributed by atoms with Crippen molar-refractivity contribution in [2.75, 3.05) is 0 Å². The predicted molar refractivity (Wildman–Crippen MR) is 119 cm³/mol. The normalized spacial score (nSPS) is 19.0.